The number of benzene rings is 5. The summed E-state index contributed by atoms with van der Waals surface area (Å²) in [6.45, 7) is 0. The second-order valence-corrected chi connectivity index (χ2v) is 7.82. The first-order valence-electron chi connectivity index (χ1n) is 11.0. The summed E-state index contributed by atoms with van der Waals surface area (Å²) < 4.78 is 11.5. The fourth-order valence-electron chi connectivity index (χ4n) is 4.04. The maximum absolute atomic E-state index is 5.94. The van der Waals surface area contributed by atoms with Crippen LogP contribution >= 0.6 is 0 Å². The molecule has 0 fully saturated rings. The zero-order valence-corrected chi connectivity index (χ0v) is 19.1. The molecule has 0 aliphatic carbocycles. The van der Waals surface area contributed by atoms with Crippen molar-refractivity contribution in [2.24, 2.45) is 0 Å². The second-order valence-electron chi connectivity index (χ2n) is 7.82. The Morgan fingerprint density at radius 1 is 0.529 bits per heavy atom. The number of methoxy groups -OCH3 is 2. The van der Waals surface area contributed by atoms with Crippen LogP contribution in [0.1, 0.15) is 22.3 Å². The van der Waals surface area contributed by atoms with Gasteiger partial charge < -0.3 is 9.47 Å². The molecule has 0 unspecified atom stereocenters. The molecule has 0 N–H and O–H groups in total. The van der Waals surface area contributed by atoms with Crippen molar-refractivity contribution in [2.75, 3.05) is 14.2 Å². The molecule has 0 heterocycles. The van der Waals surface area contributed by atoms with Gasteiger partial charge in [0.25, 0.3) is 0 Å². The maximum Gasteiger partial charge on any atom is 0.143 e. The van der Waals surface area contributed by atoms with E-state index in [1.807, 2.05) is 72.8 Å². The van der Waals surface area contributed by atoms with Crippen LogP contribution in [-0.2, 0) is 0 Å². The Balaban J connectivity index is 1.79. The van der Waals surface area contributed by atoms with Crippen molar-refractivity contribution in [1.82, 2.24) is 0 Å². The molecule has 0 atom stereocenters. The molecule has 5 aromatic carbocycles. The Hall–Kier alpha value is -4.66. The standard InChI is InChI=1S/C32H22O2/c1-33-31-15-9-14-25-21-30-27(22-29(25)31)20-26(18-16-23-10-5-3-6-11-23)28(32(30)34-2)19-17-24-12-7-4-8-13-24/h3-15,20-22H,1-2H3. The van der Waals surface area contributed by atoms with Crippen LogP contribution in [-0.4, -0.2) is 14.2 Å². The maximum atomic E-state index is 5.94. The van der Waals surface area contributed by atoms with Gasteiger partial charge >= 0.3 is 0 Å². The third kappa shape index (κ3) is 4.18. The minimum Gasteiger partial charge on any atom is -0.496 e. The Kier molecular flexibility index (Phi) is 5.89. The van der Waals surface area contributed by atoms with Crippen LogP contribution in [0.3, 0.4) is 0 Å². The first-order valence-corrected chi connectivity index (χ1v) is 11.0. The third-order valence-corrected chi connectivity index (χ3v) is 5.70. The summed E-state index contributed by atoms with van der Waals surface area (Å²) in [6, 6.07) is 32.3. The van der Waals surface area contributed by atoms with Gasteiger partial charge in [-0.25, -0.2) is 0 Å². The lowest BCUT2D eigenvalue weighted by molar-refractivity contribution is 0.418. The van der Waals surface area contributed by atoms with Crippen molar-refractivity contribution < 1.29 is 9.47 Å². The second kappa shape index (κ2) is 9.45. The average molecular weight is 439 g/mol. The summed E-state index contributed by atoms with van der Waals surface area (Å²) in [5.74, 6) is 14.8. The SMILES string of the molecule is COc1cccc2cc3c(OC)c(C#Cc4ccccc4)c(C#Cc4ccccc4)cc3cc12. The van der Waals surface area contributed by atoms with E-state index in [0.29, 0.717) is 0 Å². The number of ether oxygens (including phenoxy) is 2. The van der Waals surface area contributed by atoms with E-state index in [1.165, 1.54) is 0 Å². The summed E-state index contributed by atoms with van der Waals surface area (Å²) in [7, 11) is 3.38. The van der Waals surface area contributed by atoms with E-state index in [2.05, 4.69) is 47.9 Å². The molecule has 0 aliphatic heterocycles. The van der Waals surface area contributed by atoms with Crippen LogP contribution in [0.15, 0.2) is 97.1 Å². The normalized spacial score (nSPS) is 10.2. The van der Waals surface area contributed by atoms with Gasteiger partial charge in [0.15, 0.2) is 0 Å². The van der Waals surface area contributed by atoms with Gasteiger partial charge in [-0.05, 0) is 59.3 Å². The summed E-state index contributed by atoms with van der Waals surface area (Å²) in [4.78, 5) is 0. The predicted molar refractivity (Wildman–Crippen MR) is 139 cm³/mol. The van der Waals surface area contributed by atoms with Gasteiger partial charge in [-0.3, -0.25) is 0 Å². The van der Waals surface area contributed by atoms with Crippen LogP contribution in [0.4, 0.5) is 0 Å². The monoisotopic (exact) mass is 438 g/mol. The van der Waals surface area contributed by atoms with Gasteiger partial charge in [0.05, 0.1) is 19.8 Å². The highest BCUT2D eigenvalue weighted by atomic mass is 16.5. The van der Waals surface area contributed by atoms with Crippen LogP contribution in [0.25, 0.3) is 21.5 Å². The molecule has 0 bridgehead atoms. The van der Waals surface area contributed by atoms with E-state index in [4.69, 9.17) is 9.47 Å². The lowest BCUT2D eigenvalue weighted by Crippen LogP contribution is -1.95. The molecule has 5 rings (SSSR count). The molecule has 34 heavy (non-hydrogen) atoms. The van der Waals surface area contributed by atoms with E-state index >= 15 is 0 Å². The Labute approximate surface area is 199 Å². The summed E-state index contributed by atoms with van der Waals surface area (Å²) >= 11 is 0. The van der Waals surface area contributed by atoms with Crippen LogP contribution < -0.4 is 9.47 Å². The lowest BCUT2D eigenvalue weighted by atomic mass is 9.96. The van der Waals surface area contributed by atoms with Gasteiger partial charge in [-0.1, -0.05) is 72.2 Å². The molecular weight excluding hydrogens is 416 g/mol. The molecule has 0 radical (unpaired) electrons. The summed E-state index contributed by atoms with van der Waals surface area (Å²) in [5, 5.41) is 4.14. The number of fused-ring (bicyclic) bond motifs is 2. The minimum absolute atomic E-state index is 0.725. The molecule has 0 aliphatic rings. The average Bonchev–Trinajstić information content (AvgIpc) is 2.90. The fraction of sp³-hybridized carbons (Fsp3) is 0.0625. The molecule has 5 aromatic rings. The molecule has 0 spiro atoms. The van der Waals surface area contributed by atoms with Crippen molar-refractivity contribution in [1.29, 1.82) is 0 Å². The highest BCUT2D eigenvalue weighted by Gasteiger charge is 2.14. The molecule has 0 aromatic heterocycles. The molecule has 0 saturated heterocycles. The minimum atomic E-state index is 0.725. The smallest absolute Gasteiger partial charge is 0.143 e. The van der Waals surface area contributed by atoms with E-state index in [1.54, 1.807) is 14.2 Å². The molecule has 162 valence electrons. The molecule has 0 saturated carbocycles. The quantitative estimate of drug-likeness (QED) is 0.223. The molecule has 2 nitrogen and oxygen atoms in total. The number of hydrogen-bond donors (Lipinski definition) is 0. The van der Waals surface area contributed by atoms with Gasteiger partial charge in [-0.2, -0.15) is 0 Å². The van der Waals surface area contributed by atoms with Gasteiger partial charge in [0.1, 0.15) is 11.5 Å². The molecule has 2 heteroatoms. The number of hydrogen-bond acceptors (Lipinski definition) is 2. The van der Waals surface area contributed by atoms with Crippen molar-refractivity contribution in [3.8, 4) is 35.2 Å². The van der Waals surface area contributed by atoms with Crippen molar-refractivity contribution in [3.05, 3.63) is 119 Å². The summed E-state index contributed by atoms with van der Waals surface area (Å²) in [6.07, 6.45) is 0. The van der Waals surface area contributed by atoms with Gasteiger partial charge in [0.2, 0.25) is 0 Å². The summed E-state index contributed by atoms with van der Waals surface area (Å²) in [5.41, 5.74) is 3.49. The highest BCUT2D eigenvalue weighted by Crippen LogP contribution is 2.37. The fourth-order valence-corrected chi connectivity index (χ4v) is 4.04. The molecular formula is C32H22O2. The van der Waals surface area contributed by atoms with Gasteiger partial charge in [0, 0.05) is 27.5 Å². The Bertz CT molecular complexity index is 1610. The van der Waals surface area contributed by atoms with Crippen LogP contribution in [0, 0.1) is 23.7 Å². The first-order chi connectivity index (χ1) is 16.8. The van der Waals surface area contributed by atoms with Crippen LogP contribution in [0.5, 0.6) is 11.5 Å². The Morgan fingerprint density at radius 2 is 1.18 bits per heavy atom. The molecule has 0 amide bonds. The predicted octanol–water partition coefficient (Wildman–Crippen LogP) is 6.81. The largest absolute Gasteiger partial charge is 0.496 e. The Morgan fingerprint density at radius 3 is 1.82 bits per heavy atom. The van der Waals surface area contributed by atoms with E-state index < -0.39 is 0 Å². The zero-order chi connectivity index (χ0) is 23.3. The van der Waals surface area contributed by atoms with Crippen LogP contribution in [0.2, 0.25) is 0 Å². The number of rotatable bonds is 2. The topological polar surface area (TPSA) is 18.5 Å². The van der Waals surface area contributed by atoms with E-state index in [0.717, 1.165) is 55.3 Å². The van der Waals surface area contributed by atoms with Gasteiger partial charge in [-0.15, -0.1) is 0 Å². The van der Waals surface area contributed by atoms with Crippen molar-refractivity contribution in [3.63, 3.8) is 0 Å². The van der Waals surface area contributed by atoms with E-state index in [-0.39, 0.29) is 0 Å². The first kappa shape index (κ1) is 21.2. The third-order valence-electron chi connectivity index (χ3n) is 5.70. The van der Waals surface area contributed by atoms with Crippen molar-refractivity contribution in [2.45, 2.75) is 0 Å². The van der Waals surface area contributed by atoms with E-state index in [9.17, 15) is 0 Å². The zero-order valence-electron chi connectivity index (χ0n) is 19.1. The lowest BCUT2D eigenvalue weighted by Gasteiger charge is -2.13. The highest BCUT2D eigenvalue weighted by molar-refractivity contribution is 6.04. The van der Waals surface area contributed by atoms with Crippen molar-refractivity contribution >= 4 is 21.5 Å².